The first-order valence-corrected chi connectivity index (χ1v) is 7.12. The summed E-state index contributed by atoms with van der Waals surface area (Å²) in [5, 5.41) is 9.02. The number of hydrogen-bond donors (Lipinski definition) is 1. The van der Waals surface area contributed by atoms with Crippen molar-refractivity contribution >= 4 is 5.97 Å². The van der Waals surface area contributed by atoms with Gasteiger partial charge in [-0.25, -0.2) is 0 Å². The smallest absolute Gasteiger partial charge is 0.306 e. The van der Waals surface area contributed by atoms with Crippen LogP contribution in [0.1, 0.15) is 25.8 Å². The molecule has 2 unspecified atom stereocenters. The van der Waals surface area contributed by atoms with E-state index in [1.165, 1.54) is 5.56 Å². The Balaban J connectivity index is 1.86. The summed E-state index contributed by atoms with van der Waals surface area (Å²) in [6, 6.07) is 11.1. The minimum atomic E-state index is -0.666. The normalized spacial score (nSPS) is 19.7. The molecule has 0 aliphatic carbocycles. The van der Waals surface area contributed by atoms with Crippen LogP contribution in [0.3, 0.4) is 0 Å². The van der Waals surface area contributed by atoms with Crippen molar-refractivity contribution < 1.29 is 9.90 Å². The predicted octanol–water partition coefficient (Wildman–Crippen LogP) is 2.66. The van der Waals surface area contributed by atoms with Crippen molar-refractivity contribution in [3.05, 3.63) is 35.9 Å². The van der Waals surface area contributed by atoms with Crippen molar-refractivity contribution in [3.63, 3.8) is 0 Å². The Labute approximate surface area is 115 Å². The third kappa shape index (κ3) is 3.35. The van der Waals surface area contributed by atoms with E-state index in [9.17, 15) is 4.79 Å². The van der Waals surface area contributed by atoms with Gasteiger partial charge in [-0.1, -0.05) is 44.2 Å². The highest BCUT2D eigenvalue weighted by molar-refractivity contribution is 5.70. The van der Waals surface area contributed by atoms with E-state index in [1.54, 1.807) is 0 Å². The van der Waals surface area contributed by atoms with Gasteiger partial charge in [-0.3, -0.25) is 9.69 Å². The van der Waals surface area contributed by atoms with Gasteiger partial charge in [-0.15, -0.1) is 0 Å². The Morgan fingerprint density at radius 3 is 2.53 bits per heavy atom. The Morgan fingerprint density at radius 2 is 2.00 bits per heavy atom. The molecule has 0 spiro atoms. The summed E-state index contributed by atoms with van der Waals surface area (Å²) < 4.78 is 0. The van der Waals surface area contributed by atoms with E-state index in [2.05, 4.69) is 36.1 Å². The number of benzene rings is 1. The monoisotopic (exact) mass is 261 g/mol. The molecular formula is C16H23NO2. The number of rotatable bonds is 6. The molecular weight excluding hydrogens is 238 g/mol. The summed E-state index contributed by atoms with van der Waals surface area (Å²) >= 11 is 0. The zero-order valence-corrected chi connectivity index (χ0v) is 11.7. The first-order chi connectivity index (χ1) is 9.11. The Morgan fingerprint density at radius 1 is 1.37 bits per heavy atom. The lowest BCUT2D eigenvalue weighted by atomic mass is 9.84. The Bertz CT molecular complexity index is 412. The zero-order chi connectivity index (χ0) is 13.8. The summed E-state index contributed by atoms with van der Waals surface area (Å²) in [5.41, 5.74) is 1.36. The van der Waals surface area contributed by atoms with Gasteiger partial charge in [0.1, 0.15) is 0 Å². The molecule has 1 aliphatic heterocycles. The minimum absolute atomic E-state index is 0.217. The van der Waals surface area contributed by atoms with Gasteiger partial charge in [0.2, 0.25) is 0 Å². The molecule has 1 heterocycles. The second-order valence-corrected chi connectivity index (χ2v) is 5.59. The molecule has 0 saturated carbocycles. The summed E-state index contributed by atoms with van der Waals surface area (Å²) in [6.45, 7) is 5.89. The molecule has 19 heavy (non-hydrogen) atoms. The molecule has 3 heteroatoms. The summed E-state index contributed by atoms with van der Waals surface area (Å²) in [4.78, 5) is 13.4. The minimum Gasteiger partial charge on any atom is -0.481 e. The van der Waals surface area contributed by atoms with Crippen molar-refractivity contribution in [2.75, 3.05) is 13.1 Å². The van der Waals surface area contributed by atoms with Gasteiger partial charge in [-0.05, 0) is 24.3 Å². The van der Waals surface area contributed by atoms with Crippen LogP contribution in [0.15, 0.2) is 30.3 Å². The van der Waals surface area contributed by atoms with Crippen LogP contribution in [-0.2, 0) is 11.2 Å². The van der Waals surface area contributed by atoms with Crippen LogP contribution in [0.25, 0.3) is 0 Å². The maximum atomic E-state index is 11.0. The molecule has 104 valence electrons. The third-order valence-electron chi connectivity index (χ3n) is 4.34. The van der Waals surface area contributed by atoms with E-state index in [1.807, 2.05) is 13.0 Å². The highest BCUT2D eigenvalue weighted by atomic mass is 16.4. The lowest BCUT2D eigenvalue weighted by Crippen LogP contribution is -2.55. The molecule has 1 N–H and O–H groups in total. The topological polar surface area (TPSA) is 40.5 Å². The fourth-order valence-electron chi connectivity index (χ4n) is 2.78. The molecule has 2 rings (SSSR count). The molecule has 0 bridgehead atoms. The quantitative estimate of drug-likeness (QED) is 0.856. The largest absolute Gasteiger partial charge is 0.481 e. The lowest BCUT2D eigenvalue weighted by Gasteiger charge is -2.46. The molecule has 1 aliphatic rings. The van der Waals surface area contributed by atoms with E-state index in [0.29, 0.717) is 12.0 Å². The zero-order valence-electron chi connectivity index (χ0n) is 11.7. The number of carbonyl (C=O) groups is 1. The van der Waals surface area contributed by atoms with Crippen LogP contribution in [0.4, 0.5) is 0 Å². The van der Waals surface area contributed by atoms with Crippen LogP contribution in [0.2, 0.25) is 0 Å². The van der Waals surface area contributed by atoms with Gasteiger partial charge in [0.25, 0.3) is 0 Å². The summed E-state index contributed by atoms with van der Waals surface area (Å²) in [7, 11) is 0. The van der Waals surface area contributed by atoms with E-state index in [0.717, 1.165) is 25.9 Å². The number of hydrogen-bond acceptors (Lipinski definition) is 2. The lowest BCUT2D eigenvalue weighted by molar-refractivity contribution is -0.146. The molecule has 1 saturated heterocycles. The van der Waals surface area contributed by atoms with E-state index in [4.69, 9.17) is 5.11 Å². The first-order valence-electron chi connectivity index (χ1n) is 7.12. The van der Waals surface area contributed by atoms with Crippen molar-refractivity contribution in [1.82, 2.24) is 4.90 Å². The molecule has 2 atom stereocenters. The molecule has 0 amide bonds. The molecule has 1 fully saturated rings. The average molecular weight is 261 g/mol. The molecule has 1 aromatic rings. The highest BCUT2D eigenvalue weighted by Crippen LogP contribution is 2.28. The van der Waals surface area contributed by atoms with Gasteiger partial charge in [0, 0.05) is 19.1 Å². The van der Waals surface area contributed by atoms with Gasteiger partial charge in [0.05, 0.1) is 5.92 Å². The fraction of sp³-hybridized carbons (Fsp3) is 0.562. The van der Waals surface area contributed by atoms with Crippen molar-refractivity contribution in [2.24, 2.45) is 11.8 Å². The van der Waals surface area contributed by atoms with Crippen molar-refractivity contribution in [1.29, 1.82) is 0 Å². The Kier molecular flexibility index (Phi) is 4.59. The second-order valence-electron chi connectivity index (χ2n) is 5.59. The number of aliphatic carboxylic acids is 1. The van der Waals surface area contributed by atoms with Gasteiger partial charge >= 0.3 is 5.97 Å². The number of nitrogens with zero attached hydrogens (tertiary/aromatic N) is 1. The standard InChI is InChI=1S/C16H23NO2/c1-3-15(9-13-7-5-4-6-8-13)17-10-14(11-17)12(2)16(18)19/h4-8,12,14-15H,3,9-11H2,1-2H3,(H,18,19). The van der Waals surface area contributed by atoms with E-state index >= 15 is 0 Å². The van der Waals surface area contributed by atoms with Crippen LogP contribution < -0.4 is 0 Å². The SMILES string of the molecule is CCC(Cc1ccccc1)N1CC(C(C)C(=O)O)C1. The molecule has 1 aromatic carbocycles. The third-order valence-corrected chi connectivity index (χ3v) is 4.34. The molecule has 0 aromatic heterocycles. The maximum Gasteiger partial charge on any atom is 0.306 e. The second kappa shape index (κ2) is 6.20. The van der Waals surface area contributed by atoms with Gasteiger partial charge in [-0.2, -0.15) is 0 Å². The number of carboxylic acids is 1. The van der Waals surface area contributed by atoms with Crippen molar-refractivity contribution in [3.8, 4) is 0 Å². The van der Waals surface area contributed by atoms with Gasteiger partial charge < -0.3 is 5.11 Å². The molecule has 3 nitrogen and oxygen atoms in total. The number of likely N-dealkylation sites (tertiary alicyclic amines) is 1. The van der Waals surface area contributed by atoms with Crippen LogP contribution in [0.5, 0.6) is 0 Å². The van der Waals surface area contributed by atoms with Crippen molar-refractivity contribution in [2.45, 2.75) is 32.7 Å². The van der Waals surface area contributed by atoms with Crippen LogP contribution >= 0.6 is 0 Å². The maximum absolute atomic E-state index is 11.0. The van der Waals surface area contributed by atoms with E-state index in [-0.39, 0.29) is 5.92 Å². The first kappa shape index (κ1) is 14.1. The number of carboxylic acid groups (broad SMARTS) is 1. The average Bonchev–Trinajstić information content (AvgIpc) is 2.36. The highest BCUT2D eigenvalue weighted by Gasteiger charge is 2.37. The van der Waals surface area contributed by atoms with Crippen LogP contribution in [-0.4, -0.2) is 35.1 Å². The summed E-state index contributed by atoms with van der Waals surface area (Å²) in [6.07, 6.45) is 2.18. The predicted molar refractivity (Wildman–Crippen MR) is 76.1 cm³/mol. The van der Waals surface area contributed by atoms with Gasteiger partial charge in [0.15, 0.2) is 0 Å². The summed E-state index contributed by atoms with van der Waals surface area (Å²) in [5.74, 6) is -0.562. The Hall–Kier alpha value is -1.35. The van der Waals surface area contributed by atoms with Crippen LogP contribution in [0, 0.1) is 11.8 Å². The fourth-order valence-corrected chi connectivity index (χ4v) is 2.78. The molecule has 0 radical (unpaired) electrons. The van der Waals surface area contributed by atoms with E-state index < -0.39 is 5.97 Å².